The monoisotopic (exact) mass is 386 g/mol. The summed E-state index contributed by atoms with van der Waals surface area (Å²) in [6.07, 6.45) is 1.34. The average Bonchev–Trinajstić information content (AvgIpc) is 2.78. The highest BCUT2D eigenvalue weighted by Crippen LogP contribution is 2.20. The third-order valence-electron chi connectivity index (χ3n) is 2.16. The van der Waals surface area contributed by atoms with Gasteiger partial charge in [0, 0.05) is 10.0 Å². The summed E-state index contributed by atoms with van der Waals surface area (Å²) in [4.78, 5) is 11.6. The van der Waals surface area contributed by atoms with E-state index in [9.17, 15) is 9.90 Å². The molecule has 0 unspecified atom stereocenters. The van der Waals surface area contributed by atoms with Crippen molar-refractivity contribution in [1.29, 1.82) is 0 Å². The molecular weight excluding hydrogens is 380 g/mol. The van der Waals surface area contributed by atoms with Crippen molar-refractivity contribution in [2.24, 2.45) is 5.10 Å². The van der Waals surface area contributed by atoms with Crippen LogP contribution in [0.2, 0.25) is 0 Å². The molecule has 5 nitrogen and oxygen atoms in total. The number of hydrogen-bond donors (Lipinski definition) is 2. The molecule has 0 saturated heterocycles. The van der Waals surface area contributed by atoms with Crippen LogP contribution in [0.5, 0.6) is 5.75 Å². The first-order valence-electron chi connectivity index (χ1n) is 5.13. The van der Waals surface area contributed by atoms with Crippen molar-refractivity contribution >= 4 is 44.0 Å². The first-order valence-corrected chi connectivity index (χ1v) is 6.72. The van der Waals surface area contributed by atoms with Crippen molar-refractivity contribution in [2.75, 3.05) is 0 Å². The Morgan fingerprint density at radius 3 is 2.74 bits per heavy atom. The van der Waals surface area contributed by atoms with Crippen LogP contribution >= 0.6 is 31.9 Å². The summed E-state index contributed by atoms with van der Waals surface area (Å²) < 4.78 is 6.28. The topological polar surface area (TPSA) is 74.8 Å². The Morgan fingerprint density at radius 1 is 1.32 bits per heavy atom. The Kier molecular flexibility index (Phi) is 4.39. The summed E-state index contributed by atoms with van der Waals surface area (Å²) >= 11 is 6.33. The van der Waals surface area contributed by atoms with Crippen LogP contribution in [0.3, 0.4) is 0 Å². The molecule has 1 aromatic carbocycles. The van der Waals surface area contributed by atoms with E-state index >= 15 is 0 Å². The zero-order valence-electron chi connectivity index (χ0n) is 9.43. The molecule has 0 bridgehead atoms. The van der Waals surface area contributed by atoms with Crippen LogP contribution in [0.25, 0.3) is 0 Å². The average molecular weight is 388 g/mol. The van der Waals surface area contributed by atoms with Crippen LogP contribution in [-0.2, 0) is 0 Å². The Morgan fingerprint density at radius 2 is 2.11 bits per heavy atom. The number of hydrogen-bond acceptors (Lipinski definition) is 4. The lowest BCUT2D eigenvalue weighted by Gasteiger charge is -1.99. The molecule has 2 rings (SSSR count). The highest BCUT2D eigenvalue weighted by atomic mass is 79.9. The quantitative estimate of drug-likeness (QED) is 0.626. The summed E-state index contributed by atoms with van der Waals surface area (Å²) in [6.45, 7) is 0. The molecule has 0 aliphatic heterocycles. The molecule has 0 spiro atoms. The summed E-state index contributed by atoms with van der Waals surface area (Å²) in [5.41, 5.74) is 2.79. The van der Waals surface area contributed by atoms with Crippen LogP contribution in [-0.4, -0.2) is 17.2 Å². The van der Waals surface area contributed by atoms with Gasteiger partial charge in [-0.2, -0.15) is 5.10 Å². The van der Waals surface area contributed by atoms with Crippen molar-refractivity contribution in [2.45, 2.75) is 0 Å². The largest absolute Gasteiger partial charge is 0.507 e. The normalized spacial score (nSPS) is 10.8. The van der Waals surface area contributed by atoms with Gasteiger partial charge in [0.25, 0.3) is 0 Å². The van der Waals surface area contributed by atoms with Crippen molar-refractivity contribution in [1.82, 2.24) is 5.43 Å². The van der Waals surface area contributed by atoms with E-state index in [1.165, 1.54) is 18.3 Å². The summed E-state index contributed by atoms with van der Waals surface area (Å²) in [7, 11) is 0. The molecule has 1 aromatic heterocycles. The van der Waals surface area contributed by atoms with Gasteiger partial charge in [-0.05, 0) is 46.3 Å². The number of phenolic OH excluding ortho intramolecular Hbond substituents is 1. The van der Waals surface area contributed by atoms with Gasteiger partial charge in [0.1, 0.15) is 5.75 Å². The minimum atomic E-state index is -0.474. The number of amides is 1. The van der Waals surface area contributed by atoms with Crippen LogP contribution in [0, 0.1) is 0 Å². The Balaban J connectivity index is 2.02. The van der Waals surface area contributed by atoms with Crippen LogP contribution in [0.15, 0.2) is 49.0 Å². The van der Waals surface area contributed by atoms with E-state index in [4.69, 9.17) is 4.42 Å². The molecule has 0 aliphatic carbocycles. The van der Waals surface area contributed by atoms with Gasteiger partial charge in [0.15, 0.2) is 10.4 Å². The number of carbonyl (C=O) groups is 1. The maximum atomic E-state index is 11.6. The molecule has 0 aliphatic rings. The van der Waals surface area contributed by atoms with Gasteiger partial charge >= 0.3 is 5.91 Å². The molecule has 0 atom stereocenters. The van der Waals surface area contributed by atoms with E-state index < -0.39 is 5.91 Å². The third-order valence-corrected chi connectivity index (χ3v) is 3.08. The number of nitrogens with zero attached hydrogens (tertiary/aromatic N) is 1. The highest BCUT2D eigenvalue weighted by Gasteiger charge is 2.08. The van der Waals surface area contributed by atoms with Crippen molar-refractivity contribution < 1.29 is 14.3 Å². The molecule has 19 heavy (non-hydrogen) atoms. The summed E-state index contributed by atoms with van der Waals surface area (Å²) in [6, 6.07) is 8.09. The van der Waals surface area contributed by atoms with Gasteiger partial charge in [-0.25, -0.2) is 5.43 Å². The van der Waals surface area contributed by atoms with Crippen molar-refractivity contribution in [3.63, 3.8) is 0 Å². The van der Waals surface area contributed by atoms with E-state index in [1.54, 1.807) is 18.2 Å². The van der Waals surface area contributed by atoms with E-state index in [0.717, 1.165) is 4.47 Å². The molecule has 2 N–H and O–H groups in total. The first kappa shape index (κ1) is 13.8. The van der Waals surface area contributed by atoms with Gasteiger partial charge < -0.3 is 9.52 Å². The summed E-state index contributed by atoms with van der Waals surface area (Å²) in [5.74, 6) is -0.268. The predicted molar refractivity (Wildman–Crippen MR) is 77.3 cm³/mol. The number of hydrazone groups is 1. The van der Waals surface area contributed by atoms with E-state index in [-0.39, 0.29) is 11.5 Å². The number of benzene rings is 1. The number of nitrogens with one attached hydrogen (secondary N) is 1. The second kappa shape index (κ2) is 6.03. The SMILES string of the molecule is O=C(N/N=C/c1ccc(Br)cc1O)c1ccc(Br)o1. The fourth-order valence-corrected chi connectivity index (χ4v) is 1.93. The maximum absolute atomic E-state index is 11.6. The predicted octanol–water partition coefficient (Wildman–Crippen LogP) is 3.27. The van der Waals surface area contributed by atoms with Crippen LogP contribution in [0.1, 0.15) is 16.1 Å². The number of rotatable bonds is 3. The minimum absolute atomic E-state index is 0.0631. The highest BCUT2D eigenvalue weighted by molar-refractivity contribution is 9.10. The molecule has 1 amide bonds. The maximum Gasteiger partial charge on any atom is 0.307 e. The van der Waals surface area contributed by atoms with E-state index in [1.807, 2.05) is 0 Å². The molecule has 0 radical (unpaired) electrons. The molecular formula is C12H8Br2N2O3. The fourth-order valence-electron chi connectivity index (χ4n) is 1.28. The van der Waals surface area contributed by atoms with Crippen molar-refractivity contribution in [3.8, 4) is 5.75 Å². The standard InChI is InChI=1S/C12H8Br2N2O3/c13-8-2-1-7(9(17)5-8)6-15-16-12(18)10-3-4-11(14)19-10/h1-6,17H,(H,16,18)/b15-6+. The minimum Gasteiger partial charge on any atom is -0.507 e. The van der Waals surface area contributed by atoms with Gasteiger partial charge in [-0.15, -0.1) is 0 Å². The number of furan rings is 1. The smallest absolute Gasteiger partial charge is 0.307 e. The van der Waals surface area contributed by atoms with Crippen molar-refractivity contribution in [3.05, 3.63) is 50.8 Å². The molecule has 0 saturated carbocycles. The Bertz CT molecular complexity index is 638. The van der Waals surface area contributed by atoms with E-state index in [0.29, 0.717) is 10.2 Å². The van der Waals surface area contributed by atoms with Gasteiger partial charge in [-0.1, -0.05) is 15.9 Å². The first-order chi connectivity index (χ1) is 9.06. The molecule has 7 heteroatoms. The lowest BCUT2D eigenvalue weighted by atomic mass is 10.2. The zero-order chi connectivity index (χ0) is 13.8. The van der Waals surface area contributed by atoms with Gasteiger partial charge in [0.2, 0.25) is 0 Å². The Labute approximate surface area is 125 Å². The second-order valence-electron chi connectivity index (χ2n) is 3.51. The number of halogens is 2. The molecule has 2 aromatic rings. The summed E-state index contributed by atoms with van der Waals surface area (Å²) in [5, 5.41) is 13.4. The zero-order valence-corrected chi connectivity index (χ0v) is 12.6. The number of carbonyl (C=O) groups excluding carboxylic acids is 1. The number of aromatic hydroxyl groups is 1. The molecule has 0 fully saturated rings. The van der Waals surface area contributed by atoms with Gasteiger partial charge in [-0.3, -0.25) is 4.79 Å². The van der Waals surface area contributed by atoms with Crippen LogP contribution in [0.4, 0.5) is 0 Å². The Hall–Kier alpha value is -1.60. The van der Waals surface area contributed by atoms with E-state index in [2.05, 4.69) is 42.4 Å². The fraction of sp³-hybridized carbons (Fsp3) is 0. The number of phenols is 1. The molecule has 1 heterocycles. The lowest BCUT2D eigenvalue weighted by molar-refractivity contribution is 0.0926. The van der Waals surface area contributed by atoms with Gasteiger partial charge in [0.05, 0.1) is 6.21 Å². The second-order valence-corrected chi connectivity index (χ2v) is 5.20. The third kappa shape index (κ3) is 3.68. The lowest BCUT2D eigenvalue weighted by Crippen LogP contribution is -2.16. The molecule has 98 valence electrons. The van der Waals surface area contributed by atoms with Crippen LogP contribution < -0.4 is 5.43 Å².